The van der Waals surface area contributed by atoms with Gasteiger partial charge in [0.2, 0.25) is 5.91 Å². The summed E-state index contributed by atoms with van der Waals surface area (Å²) in [5.74, 6) is -0.550. The van der Waals surface area contributed by atoms with E-state index in [1.165, 1.54) is 6.08 Å². The normalized spacial score (nSPS) is 14.8. The zero-order chi connectivity index (χ0) is 20.6. The Labute approximate surface area is 175 Å². The summed E-state index contributed by atoms with van der Waals surface area (Å²) in [6.45, 7) is 1.62. The van der Waals surface area contributed by atoms with Crippen molar-refractivity contribution in [2.75, 3.05) is 18.0 Å². The van der Waals surface area contributed by atoms with Crippen molar-refractivity contribution < 1.29 is 14.8 Å². The molecule has 1 aliphatic rings. The number of rotatable bonds is 6. The molecule has 0 spiro atoms. The van der Waals surface area contributed by atoms with E-state index in [-0.39, 0.29) is 11.9 Å². The van der Waals surface area contributed by atoms with Crippen molar-refractivity contribution in [1.29, 1.82) is 0 Å². The van der Waals surface area contributed by atoms with Crippen LogP contribution in [0.25, 0.3) is 6.08 Å². The van der Waals surface area contributed by atoms with Gasteiger partial charge >= 0.3 is 0 Å². The molecule has 3 rings (SSSR count). The van der Waals surface area contributed by atoms with E-state index in [4.69, 9.17) is 16.8 Å². The summed E-state index contributed by atoms with van der Waals surface area (Å²) in [6.07, 6.45) is 5.02. The van der Waals surface area contributed by atoms with Gasteiger partial charge in [0.15, 0.2) is 0 Å². The maximum atomic E-state index is 12.3. The van der Waals surface area contributed by atoms with Gasteiger partial charge in [-0.15, -0.1) is 0 Å². The number of amides is 2. The zero-order valence-electron chi connectivity index (χ0n) is 16.0. The second kappa shape index (κ2) is 10.1. The standard InChI is InChI=1S/C22H24ClN3O3/c23-18-8-5-16(6-9-18)15-22(28)24-19-11-13-26(14-12-19)20-4-2-1-3-17(20)7-10-21(27)25-29/h1-10,19,29H,11-15H2,(H,24,28)(H,25,27). The molecule has 1 aliphatic heterocycles. The van der Waals surface area contributed by atoms with Crippen LogP contribution in [0.15, 0.2) is 54.6 Å². The van der Waals surface area contributed by atoms with Crippen LogP contribution in [0, 0.1) is 0 Å². The Morgan fingerprint density at radius 1 is 1.10 bits per heavy atom. The lowest BCUT2D eigenvalue weighted by molar-refractivity contribution is -0.124. The number of nitrogens with zero attached hydrogens (tertiary/aromatic N) is 1. The summed E-state index contributed by atoms with van der Waals surface area (Å²) >= 11 is 5.88. The Morgan fingerprint density at radius 2 is 1.79 bits per heavy atom. The van der Waals surface area contributed by atoms with Crippen LogP contribution in [0.2, 0.25) is 5.02 Å². The third-order valence-corrected chi connectivity index (χ3v) is 5.19. The Morgan fingerprint density at radius 3 is 2.48 bits per heavy atom. The maximum Gasteiger partial charge on any atom is 0.267 e. The number of hydrogen-bond acceptors (Lipinski definition) is 4. The molecular formula is C22H24ClN3O3. The number of carbonyl (C=O) groups is 2. The van der Waals surface area contributed by atoms with E-state index in [0.29, 0.717) is 11.4 Å². The molecule has 1 fully saturated rings. The van der Waals surface area contributed by atoms with Crippen LogP contribution in [0.3, 0.4) is 0 Å². The first-order chi connectivity index (χ1) is 14.0. The van der Waals surface area contributed by atoms with Gasteiger partial charge < -0.3 is 10.2 Å². The highest BCUT2D eigenvalue weighted by Crippen LogP contribution is 2.25. The molecule has 3 N–H and O–H groups in total. The minimum absolute atomic E-state index is 0.0177. The average Bonchev–Trinajstić information content (AvgIpc) is 2.74. The lowest BCUT2D eigenvalue weighted by atomic mass is 10.0. The van der Waals surface area contributed by atoms with Gasteiger partial charge in [-0.2, -0.15) is 0 Å². The van der Waals surface area contributed by atoms with Crippen molar-refractivity contribution in [2.45, 2.75) is 25.3 Å². The fourth-order valence-electron chi connectivity index (χ4n) is 3.45. The first-order valence-electron chi connectivity index (χ1n) is 9.55. The van der Waals surface area contributed by atoms with Crippen molar-refractivity contribution >= 4 is 35.2 Å². The Balaban J connectivity index is 1.54. The van der Waals surface area contributed by atoms with E-state index in [1.807, 2.05) is 36.4 Å². The van der Waals surface area contributed by atoms with Gasteiger partial charge in [-0.25, -0.2) is 5.48 Å². The topological polar surface area (TPSA) is 81.7 Å². The molecule has 0 atom stereocenters. The van der Waals surface area contributed by atoms with Crippen LogP contribution in [-0.2, 0) is 16.0 Å². The van der Waals surface area contributed by atoms with E-state index < -0.39 is 5.91 Å². The number of benzene rings is 2. The molecule has 0 aromatic heterocycles. The Hall–Kier alpha value is -2.83. The SMILES string of the molecule is O=C(C=Cc1ccccc1N1CCC(NC(=O)Cc2ccc(Cl)cc2)CC1)NO. The smallest absolute Gasteiger partial charge is 0.267 e. The van der Waals surface area contributed by atoms with Crippen LogP contribution in [0.4, 0.5) is 5.69 Å². The molecule has 7 heteroatoms. The van der Waals surface area contributed by atoms with E-state index in [2.05, 4.69) is 10.2 Å². The van der Waals surface area contributed by atoms with Gasteiger partial charge in [0.05, 0.1) is 6.42 Å². The Kier molecular flexibility index (Phi) is 7.27. The molecule has 0 radical (unpaired) electrons. The van der Waals surface area contributed by atoms with Crippen LogP contribution in [0.5, 0.6) is 0 Å². The predicted molar refractivity (Wildman–Crippen MR) is 114 cm³/mol. The molecule has 1 heterocycles. The van der Waals surface area contributed by atoms with Crippen molar-refractivity contribution in [3.05, 3.63) is 70.8 Å². The maximum absolute atomic E-state index is 12.3. The van der Waals surface area contributed by atoms with Crippen molar-refractivity contribution in [1.82, 2.24) is 10.8 Å². The van der Waals surface area contributed by atoms with E-state index in [9.17, 15) is 9.59 Å². The molecule has 0 unspecified atom stereocenters. The fourth-order valence-corrected chi connectivity index (χ4v) is 3.58. The lowest BCUT2D eigenvalue weighted by Crippen LogP contribution is -2.45. The first-order valence-corrected chi connectivity index (χ1v) is 9.93. The third kappa shape index (κ3) is 6.07. The molecule has 1 saturated heterocycles. The second-order valence-corrected chi connectivity index (χ2v) is 7.44. The molecule has 2 aromatic carbocycles. The molecule has 0 bridgehead atoms. The lowest BCUT2D eigenvalue weighted by Gasteiger charge is -2.34. The van der Waals surface area contributed by atoms with Crippen molar-refractivity contribution in [3.63, 3.8) is 0 Å². The summed E-state index contributed by atoms with van der Waals surface area (Å²) in [4.78, 5) is 25.8. The average molecular weight is 414 g/mol. The van der Waals surface area contributed by atoms with Gasteiger partial charge in [0, 0.05) is 35.9 Å². The van der Waals surface area contributed by atoms with Crippen molar-refractivity contribution in [3.8, 4) is 0 Å². The van der Waals surface area contributed by atoms with E-state index in [0.717, 1.165) is 42.7 Å². The van der Waals surface area contributed by atoms with Gasteiger partial charge in [0.1, 0.15) is 0 Å². The molecule has 0 saturated carbocycles. The highest BCUT2D eigenvalue weighted by Gasteiger charge is 2.22. The summed E-state index contributed by atoms with van der Waals surface area (Å²) in [5.41, 5.74) is 4.47. The number of nitrogens with one attached hydrogen (secondary N) is 2. The molecule has 2 aromatic rings. The summed E-state index contributed by atoms with van der Waals surface area (Å²) in [7, 11) is 0. The minimum atomic E-state index is -0.568. The quantitative estimate of drug-likeness (QED) is 0.386. The number of anilines is 1. The second-order valence-electron chi connectivity index (χ2n) is 7.00. The van der Waals surface area contributed by atoms with Crippen LogP contribution >= 0.6 is 11.6 Å². The number of para-hydroxylation sites is 1. The number of piperidine rings is 1. The zero-order valence-corrected chi connectivity index (χ0v) is 16.7. The highest BCUT2D eigenvalue weighted by atomic mass is 35.5. The minimum Gasteiger partial charge on any atom is -0.371 e. The third-order valence-electron chi connectivity index (χ3n) is 4.94. The molecular weight excluding hydrogens is 390 g/mol. The van der Waals surface area contributed by atoms with Gasteiger partial charge in [-0.05, 0) is 48.2 Å². The molecule has 2 amide bonds. The Bertz CT molecular complexity index is 875. The number of halogens is 1. The highest BCUT2D eigenvalue weighted by molar-refractivity contribution is 6.30. The molecule has 6 nitrogen and oxygen atoms in total. The molecule has 29 heavy (non-hydrogen) atoms. The number of carbonyl (C=O) groups excluding carboxylic acids is 2. The molecule has 152 valence electrons. The van der Waals surface area contributed by atoms with Gasteiger partial charge in [-0.3, -0.25) is 14.8 Å². The van der Waals surface area contributed by atoms with Gasteiger partial charge in [-0.1, -0.05) is 41.9 Å². The van der Waals surface area contributed by atoms with Crippen LogP contribution < -0.4 is 15.7 Å². The first kappa shape index (κ1) is 20.9. The molecule has 0 aliphatic carbocycles. The van der Waals surface area contributed by atoms with Crippen LogP contribution in [0.1, 0.15) is 24.0 Å². The van der Waals surface area contributed by atoms with E-state index >= 15 is 0 Å². The van der Waals surface area contributed by atoms with E-state index in [1.54, 1.807) is 23.7 Å². The number of hydroxylamine groups is 1. The summed E-state index contributed by atoms with van der Waals surface area (Å²) in [6, 6.07) is 15.3. The summed E-state index contributed by atoms with van der Waals surface area (Å²) in [5, 5.41) is 12.4. The summed E-state index contributed by atoms with van der Waals surface area (Å²) < 4.78 is 0. The fraction of sp³-hybridized carbons (Fsp3) is 0.273. The van der Waals surface area contributed by atoms with Crippen molar-refractivity contribution in [2.24, 2.45) is 0 Å². The monoisotopic (exact) mass is 413 g/mol. The van der Waals surface area contributed by atoms with Gasteiger partial charge in [0.25, 0.3) is 5.91 Å². The van der Waals surface area contributed by atoms with Crippen LogP contribution in [-0.4, -0.2) is 36.2 Å². The number of hydrogen-bond donors (Lipinski definition) is 3. The predicted octanol–water partition coefficient (Wildman–Crippen LogP) is 3.19. The largest absolute Gasteiger partial charge is 0.371 e.